The minimum atomic E-state index is -0.898. The number of aryl methyl sites for hydroxylation is 1. The molecule has 0 saturated carbocycles. The predicted molar refractivity (Wildman–Crippen MR) is 82.7 cm³/mol. The first kappa shape index (κ1) is 17.4. The summed E-state index contributed by atoms with van der Waals surface area (Å²) in [5.74, 6) is -0.599. The number of hydrogen-bond acceptors (Lipinski definition) is 5. The van der Waals surface area contributed by atoms with E-state index in [1.807, 2.05) is 0 Å². The van der Waals surface area contributed by atoms with Gasteiger partial charge in [-0.1, -0.05) is 0 Å². The second kappa shape index (κ2) is 9.32. The average Bonchev–Trinajstić information content (AvgIpc) is 2.47. The van der Waals surface area contributed by atoms with E-state index in [4.69, 9.17) is 5.11 Å². The Morgan fingerprint density at radius 2 is 2.23 bits per heavy atom. The van der Waals surface area contributed by atoms with Crippen molar-refractivity contribution in [3.8, 4) is 0 Å². The molecule has 1 rings (SSSR count). The highest BCUT2D eigenvalue weighted by molar-refractivity contribution is 5.76. The van der Waals surface area contributed by atoms with Crippen LogP contribution >= 0.6 is 0 Å². The van der Waals surface area contributed by atoms with Gasteiger partial charge in [-0.15, -0.1) is 0 Å². The Kier molecular flexibility index (Phi) is 7.38. The van der Waals surface area contributed by atoms with Crippen LogP contribution in [0.25, 0.3) is 0 Å². The van der Waals surface area contributed by atoms with Crippen molar-refractivity contribution < 1.29 is 14.7 Å². The van der Waals surface area contributed by atoms with Crippen molar-refractivity contribution in [1.82, 2.24) is 15.3 Å². The molecule has 8 heteroatoms. The quantitative estimate of drug-likeness (QED) is 0.522. The van der Waals surface area contributed by atoms with Crippen molar-refractivity contribution in [3.05, 3.63) is 17.6 Å². The molecule has 1 aromatic rings. The number of hydrogen-bond donors (Lipinski definition) is 2. The third-order valence-electron chi connectivity index (χ3n) is 2.74. The molecule has 0 fully saturated rings. The maximum Gasteiger partial charge on any atom is 0.303 e. The van der Waals surface area contributed by atoms with Crippen molar-refractivity contribution in [1.29, 1.82) is 0 Å². The molecule has 0 aliphatic rings. The van der Waals surface area contributed by atoms with Crippen LogP contribution < -0.4 is 5.32 Å². The van der Waals surface area contributed by atoms with Gasteiger partial charge in [0.15, 0.2) is 5.82 Å². The summed E-state index contributed by atoms with van der Waals surface area (Å²) in [7, 11) is 0. The number of rotatable bonds is 9. The number of nitrogens with zero attached hydrogens (tertiary/aromatic N) is 4. The van der Waals surface area contributed by atoms with E-state index in [-0.39, 0.29) is 18.7 Å². The number of aliphatic imine (C=N–C) groups is 2. The molecule has 0 atom stereocenters. The largest absolute Gasteiger partial charge is 0.481 e. The van der Waals surface area contributed by atoms with E-state index in [0.717, 1.165) is 0 Å². The van der Waals surface area contributed by atoms with Crippen LogP contribution in [0.15, 0.2) is 16.2 Å². The first-order valence-electron chi connectivity index (χ1n) is 6.82. The second-order valence-electron chi connectivity index (χ2n) is 4.54. The van der Waals surface area contributed by atoms with E-state index in [1.165, 1.54) is 6.34 Å². The first-order chi connectivity index (χ1) is 10.5. The zero-order valence-corrected chi connectivity index (χ0v) is 12.4. The van der Waals surface area contributed by atoms with Crippen LogP contribution in [-0.4, -0.2) is 46.6 Å². The number of carboxylic acids is 1. The fourth-order valence-electron chi connectivity index (χ4n) is 1.63. The number of aliphatic carboxylic acids is 1. The number of amides is 1. The van der Waals surface area contributed by atoms with Crippen molar-refractivity contribution in [2.24, 2.45) is 9.98 Å². The molecule has 0 unspecified atom stereocenters. The van der Waals surface area contributed by atoms with Crippen LogP contribution in [0, 0.1) is 6.92 Å². The van der Waals surface area contributed by atoms with E-state index >= 15 is 0 Å². The molecule has 1 aromatic heterocycles. The molecule has 1 heterocycles. The van der Waals surface area contributed by atoms with Gasteiger partial charge < -0.3 is 10.4 Å². The molecule has 8 nitrogen and oxygen atoms in total. The summed E-state index contributed by atoms with van der Waals surface area (Å²) in [4.78, 5) is 37.9. The highest BCUT2D eigenvalue weighted by Crippen LogP contribution is 2.12. The summed E-state index contributed by atoms with van der Waals surface area (Å²) in [6, 6.07) is 0. The van der Waals surface area contributed by atoms with Gasteiger partial charge in [0.05, 0.1) is 11.4 Å². The predicted octanol–water partition coefficient (Wildman–Crippen LogP) is 1.06. The summed E-state index contributed by atoms with van der Waals surface area (Å²) < 4.78 is 0. The number of carboxylic acid groups (broad SMARTS) is 1. The molecule has 0 spiro atoms. The molecule has 0 saturated heterocycles. The van der Waals surface area contributed by atoms with Crippen molar-refractivity contribution in [2.45, 2.75) is 32.6 Å². The number of aromatic nitrogens is 2. The Morgan fingerprint density at radius 3 is 2.91 bits per heavy atom. The Labute approximate surface area is 128 Å². The third-order valence-corrected chi connectivity index (χ3v) is 2.74. The second-order valence-corrected chi connectivity index (χ2v) is 4.54. The lowest BCUT2D eigenvalue weighted by atomic mass is 10.2. The monoisotopic (exact) mass is 305 g/mol. The van der Waals surface area contributed by atoms with Crippen LogP contribution in [-0.2, 0) is 16.0 Å². The van der Waals surface area contributed by atoms with Gasteiger partial charge in [-0.3, -0.25) is 19.6 Å². The molecule has 0 radical (unpaired) electrons. The van der Waals surface area contributed by atoms with Gasteiger partial charge >= 0.3 is 5.97 Å². The highest BCUT2D eigenvalue weighted by atomic mass is 16.4. The normalized spacial score (nSPS) is 10.6. The standard InChI is InChI=1S/C14H19N5O3/c1-10-14(18-9-15-2)19-11(8-17-10)6-7-16-12(20)4-3-5-13(21)22/h8-9H,2-7H2,1H3,(H,16,20)(H,21,22)/b18-9-. The van der Waals surface area contributed by atoms with Crippen LogP contribution in [0.4, 0.5) is 5.82 Å². The lowest BCUT2D eigenvalue weighted by Crippen LogP contribution is -2.25. The average molecular weight is 305 g/mol. The van der Waals surface area contributed by atoms with Gasteiger partial charge in [0.25, 0.3) is 0 Å². The number of carbonyl (C=O) groups excluding carboxylic acids is 1. The minimum Gasteiger partial charge on any atom is -0.481 e. The van der Waals surface area contributed by atoms with Crippen molar-refractivity contribution >= 4 is 30.8 Å². The first-order valence-corrected chi connectivity index (χ1v) is 6.82. The van der Waals surface area contributed by atoms with Crippen LogP contribution in [0.5, 0.6) is 0 Å². The van der Waals surface area contributed by atoms with Gasteiger partial charge in [-0.05, 0) is 20.1 Å². The molecule has 22 heavy (non-hydrogen) atoms. The lowest BCUT2D eigenvalue weighted by Gasteiger charge is -2.05. The lowest BCUT2D eigenvalue weighted by molar-refractivity contribution is -0.137. The molecule has 0 aromatic carbocycles. The van der Waals surface area contributed by atoms with E-state index in [1.54, 1.807) is 13.1 Å². The van der Waals surface area contributed by atoms with E-state index in [2.05, 4.69) is 32.0 Å². The van der Waals surface area contributed by atoms with Gasteiger partial charge in [0.1, 0.15) is 6.34 Å². The van der Waals surface area contributed by atoms with Crippen molar-refractivity contribution in [2.75, 3.05) is 6.54 Å². The fraction of sp³-hybridized carbons (Fsp3) is 0.429. The summed E-state index contributed by atoms with van der Waals surface area (Å²) in [6.45, 7) is 5.50. The van der Waals surface area contributed by atoms with Gasteiger partial charge in [-0.2, -0.15) is 0 Å². The summed E-state index contributed by atoms with van der Waals surface area (Å²) in [5, 5.41) is 11.2. The maximum absolute atomic E-state index is 11.5. The van der Waals surface area contributed by atoms with Crippen molar-refractivity contribution in [3.63, 3.8) is 0 Å². The summed E-state index contributed by atoms with van der Waals surface area (Å²) in [6.07, 6.45) is 3.97. The third kappa shape index (κ3) is 6.69. The molecule has 0 aliphatic carbocycles. The van der Waals surface area contributed by atoms with E-state index < -0.39 is 5.97 Å². The van der Waals surface area contributed by atoms with Crippen LogP contribution in [0.1, 0.15) is 30.7 Å². The van der Waals surface area contributed by atoms with E-state index in [9.17, 15) is 9.59 Å². The topological polar surface area (TPSA) is 117 Å². The van der Waals surface area contributed by atoms with Gasteiger partial charge in [0.2, 0.25) is 5.91 Å². The Hall–Kier alpha value is -2.64. The fourth-order valence-corrected chi connectivity index (χ4v) is 1.63. The summed E-state index contributed by atoms with van der Waals surface area (Å²) >= 11 is 0. The molecular weight excluding hydrogens is 286 g/mol. The van der Waals surface area contributed by atoms with Crippen LogP contribution in [0.3, 0.4) is 0 Å². The zero-order chi connectivity index (χ0) is 16.4. The number of nitrogens with one attached hydrogen (secondary N) is 1. The molecular formula is C14H19N5O3. The SMILES string of the molecule is C=N/C=N\c1nc(CCNC(=O)CCCC(=O)O)cnc1C. The zero-order valence-electron chi connectivity index (χ0n) is 12.4. The minimum absolute atomic E-state index is 0.00440. The number of carbonyl (C=O) groups is 2. The van der Waals surface area contributed by atoms with Crippen LogP contribution in [0.2, 0.25) is 0 Å². The Bertz CT molecular complexity index is 572. The molecule has 2 N–H and O–H groups in total. The smallest absolute Gasteiger partial charge is 0.303 e. The Morgan fingerprint density at radius 1 is 1.45 bits per heavy atom. The van der Waals surface area contributed by atoms with E-state index in [0.29, 0.717) is 36.6 Å². The van der Waals surface area contributed by atoms with Gasteiger partial charge in [0, 0.05) is 32.0 Å². The molecule has 118 valence electrons. The molecule has 0 aliphatic heterocycles. The highest BCUT2D eigenvalue weighted by Gasteiger charge is 2.05. The summed E-state index contributed by atoms with van der Waals surface area (Å²) in [5.41, 5.74) is 1.38. The molecule has 0 bridgehead atoms. The maximum atomic E-state index is 11.5. The van der Waals surface area contributed by atoms with Gasteiger partial charge in [-0.25, -0.2) is 9.98 Å². The Balaban J connectivity index is 2.41. The molecule has 1 amide bonds.